The average molecular weight is 565 g/mol. The van der Waals surface area contributed by atoms with Crippen molar-refractivity contribution in [3.05, 3.63) is 126 Å². The van der Waals surface area contributed by atoms with Crippen LogP contribution < -0.4 is 20.9 Å². The molecule has 7 nitrogen and oxygen atoms in total. The Kier molecular flexibility index (Phi) is 9.96. The third-order valence-corrected chi connectivity index (χ3v) is 7.08. The highest BCUT2D eigenvalue weighted by Crippen LogP contribution is 2.22. The SMILES string of the molecule is Cc1ccc(NC(=O)CSc2ccc(NC(=O)/C(=C/c3ccc(N(C)C)cc3)NC(=O)c3ccccc3)cc2)cc1. The van der Waals surface area contributed by atoms with Gasteiger partial charge in [0.05, 0.1) is 5.75 Å². The van der Waals surface area contributed by atoms with E-state index in [0.29, 0.717) is 11.3 Å². The minimum atomic E-state index is -0.455. The molecule has 0 spiro atoms. The van der Waals surface area contributed by atoms with E-state index in [9.17, 15) is 14.4 Å². The number of thioether (sulfide) groups is 1. The van der Waals surface area contributed by atoms with E-state index >= 15 is 0 Å². The van der Waals surface area contributed by atoms with Gasteiger partial charge in [0.1, 0.15) is 5.70 Å². The summed E-state index contributed by atoms with van der Waals surface area (Å²) in [7, 11) is 3.90. The van der Waals surface area contributed by atoms with Crippen molar-refractivity contribution < 1.29 is 14.4 Å². The second-order valence-electron chi connectivity index (χ2n) is 9.55. The normalized spacial score (nSPS) is 11.0. The molecule has 0 atom stereocenters. The first-order valence-corrected chi connectivity index (χ1v) is 14.0. The molecular weight excluding hydrogens is 532 g/mol. The molecule has 208 valence electrons. The summed E-state index contributed by atoms with van der Waals surface area (Å²) in [5.41, 5.74) is 4.80. The summed E-state index contributed by atoms with van der Waals surface area (Å²) in [6, 6.07) is 31.2. The molecule has 4 aromatic carbocycles. The molecule has 8 heteroatoms. The average Bonchev–Trinajstić information content (AvgIpc) is 2.98. The predicted molar refractivity (Wildman–Crippen MR) is 168 cm³/mol. The van der Waals surface area contributed by atoms with Crippen LogP contribution in [0.5, 0.6) is 0 Å². The number of aryl methyl sites for hydroxylation is 1. The third kappa shape index (κ3) is 8.84. The summed E-state index contributed by atoms with van der Waals surface area (Å²) >= 11 is 1.40. The standard InChI is InChI=1S/C33H32N4O3S/c1-23-9-13-26(14-10-23)34-31(38)22-41-29-19-15-27(16-20-29)35-33(40)30(36-32(39)25-7-5-4-6-8-25)21-24-11-17-28(18-12-24)37(2)3/h4-21H,22H2,1-3H3,(H,34,38)(H,35,40)(H,36,39)/b30-21-. The molecule has 0 saturated heterocycles. The number of hydrogen-bond acceptors (Lipinski definition) is 5. The van der Waals surface area contributed by atoms with Crippen LogP contribution in [0.4, 0.5) is 17.1 Å². The van der Waals surface area contributed by atoms with E-state index in [2.05, 4.69) is 16.0 Å². The van der Waals surface area contributed by atoms with Gasteiger partial charge in [-0.1, -0.05) is 48.0 Å². The van der Waals surface area contributed by atoms with Crippen LogP contribution in [-0.4, -0.2) is 37.6 Å². The van der Waals surface area contributed by atoms with Crippen LogP contribution in [0.15, 0.2) is 114 Å². The van der Waals surface area contributed by atoms with Gasteiger partial charge >= 0.3 is 0 Å². The van der Waals surface area contributed by atoms with Crippen molar-refractivity contribution >= 4 is 52.6 Å². The van der Waals surface area contributed by atoms with Gasteiger partial charge in [0.2, 0.25) is 5.91 Å². The van der Waals surface area contributed by atoms with Crippen molar-refractivity contribution in [1.82, 2.24) is 5.32 Å². The molecule has 0 aliphatic heterocycles. The number of hydrogen-bond donors (Lipinski definition) is 3. The van der Waals surface area contributed by atoms with Crippen molar-refractivity contribution in [3.63, 3.8) is 0 Å². The minimum absolute atomic E-state index is 0.0983. The van der Waals surface area contributed by atoms with Gasteiger partial charge in [0, 0.05) is 41.6 Å². The number of rotatable bonds is 10. The van der Waals surface area contributed by atoms with Crippen LogP contribution in [0.3, 0.4) is 0 Å². The summed E-state index contributed by atoms with van der Waals surface area (Å²) in [6.45, 7) is 2.00. The second kappa shape index (κ2) is 14.0. The summed E-state index contributed by atoms with van der Waals surface area (Å²) in [4.78, 5) is 41.4. The Hall–Kier alpha value is -4.82. The van der Waals surface area contributed by atoms with E-state index in [1.165, 1.54) is 11.8 Å². The fraction of sp³-hybridized carbons (Fsp3) is 0.121. The lowest BCUT2D eigenvalue weighted by Crippen LogP contribution is -2.30. The van der Waals surface area contributed by atoms with E-state index < -0.39 is 5.91 Å². The number of carbonyl (C=O) groups excluding carboxylic acids is 3. The molecule has 4 rings (SSSR count). The fourth-order valence-electron chi connectivity index (χ4n) is 3.79. The zero-order valence-corrected chi connectivity index (χ0v) is 24.0. The fourth-order valence-corrected chi connectivity index (χ4v) is 4.49. The Balaban J connectivity index is 1.41. The van der Waals surface area contributed by atoms with Gasteiger partial charge in [-0.05, 0) is 79.2 Å². The second-order valence-corrected chi connectivity index (χ2v) is 10.6. The largest absolute Gasteiger partial charge is 0.378 e. The molecule has 3 N–H and O–H groups in total. The lowest BCUT2D eigenvalue weighted by Gasteiger charge is -2.13. The van der Waals surface area contributed by atoms with Crippen LogP contribution >= 0.6 is 11.8 Å². The number of nitrogens with one attached hydrogen (secondary N) is 3. The van der Waals surface area contributed by atoms with Crippen LogP contribution in [0.25, 0.3) is 6.08 Å². The first-order valence-electron chi connectivity index (χ1n) is 13.0. The molecule has 0 aliphatic carbocycles. The molecule has 0 aromatic heterocycles. The van der Waals surface area contributed by atoms with Gasteiger partial charge < -0.3 is 20.9 Å². The molecular formula is C33H32N4O3S. The number of nitrogens with zero attached hydrogens (tertiary/aromatic N) is 1. The molecule has 4 aromatic rings. The van der Waals surface area contributed by atoms with Gasteiger partial charge in [-0.2, -0.15) is 0 Å². The molecule has 0 bridgehead atoms. The maximum atomic E-state index is 13.3. The van der Waals surface area contributed by atoms with E-state index in [1.807, 2.05) is 92.6 Å². The van der Waals surface area contributed by atoms with Gasteiger partial charge in [-0.15, -0.1) is 11.8 Å². The highest BCUT2D eigenvalue weighted by Gasteiger charge is 2.15. The quantitative estimate of drug-likeness (QED) is 0.158. The molecule has 0 heterocycles. The Morgan fingerprint density at radius 3 is 2.00 bits per heavy atom. The smallest absolute Gasteiger partial charge is 0.272 e. The third-order valence-electron chi connectivity index (χ3n) is 6.07. The first kappa shape index (κ1) is 29.2. The number of benzene rings is 4. The Bertz CT molecular complexity index is 1520. The predicted octanol–water partition coefficient (Wildman–Crippen LogP) is 6.20. The lowest BCUT2D eigenvalue weighted by atomic mass is 10.1. The molecule has 0 fully saturated rings. The van der Waals surface area contributed by atoms with Crippen molar-refractivity contribution in [2.24, 2.45) is 0 Å². The van der Waals surface area contributed by atoms with E-state index in [1.54, 1.807) is 42.5 Å². The summed E-state index contributed by atoms with van der Waals surface area (Å²) in [6.07, 6.45) is 1.65. The van der Waals surface area contributed by atoms with E-state index in [4.69, 9.17) is 0 Å². The van der Waals surface area contributed by atoms with Crippen molar-refractivity contribution in [3.8, 4) is 0 Å². The van der Waals surface area contributed by atoms with Crippen LogP contribution in [0.2, 0.25) is 0 Å². The number of amides is 3. The molecule has 0 radical (unpaired) electrons. The maximum Gasteiger partial charge on any atom is 0.272 e. The van der Waals surface area contributed by atoms with Crippen LogP contribution in [0.1, 0.15) is 21.5 Å². The Morgan fingerprint density at radius 2 is 1.37 bits per heavy atom. The van der Waals surface area contributed by atoms with Gasteiger partial charge in [-0.25, -0.2) is 0 Å². The van der Waals surface area contributed by atoms with Crippen molar-refractivity contribution in [2.75, 3.05) is 35.4 Å². The highest BCUT2D eigenvalue weighted by molar-refractivity contribution is 8.00. The molecule has 0 aliphatic rings. The number of carbonyl (C=O) groups is 3. The van der Waals surface area contributed by atoms with Crippen molar-refractivity contribution in [1.29, 1.82) is 0 Å². The number of anilines is 3. The summed E-state index contributed by atoms with van der Waals surface area (Å²) < 4.78 is 0. The van der Waals surface area contributed by atoms with Crippen LogP contribution in [-0.2, 0) is 9.59 Å². The Labute approximate surface area is 244 Å². The Morgan fingerprint density at radius 1 is 0.756 bits per heavy atom. The van der Waals surface area contributed by atoms with Gasteiger partial charge in [0.25, 0.3) is 11.8 Å². The summed E-state index contributed by atoms with van der Waals surface area (Å²) in [5.74, 6) is -0.680. The van der Waals surface area contributed by atoms with Gasteiger partial charge in [-0.3, -0.25) is 14.4 Å². The van der Waals surface area contributed by atoms with Crippen molar-refractivity contribution in [2.45, 2.75) is 11.8 Å². The maximum absolute atomic E-state index is 13.3. The zero-order valence-electron chi connectivity index (χ0n) is 23.2. The molecule has 41 heavy (non-hydrogen) atoms. The monoisotopic (exact) mass is 564 g/mol. The van der Waals surface area contributed by atoms with Crippen LogP contribution in [0, 0.1) is 6.92 Å². The lowest BCUT2D eigenvalue weighted by molar-refractivity contribution is -0.114. The highest BCUT2D eigenvalue weighted by atomic mass is 32.2. The first-order chi connectivity index (χ1) is 19.8. The molecule has 3 amide bonds. The van der Waals surface area contributed by atoms with E-state index in [-0.39, 0.29) is 23.3 Å². The summed E-state index contributed by atoms with van der Waals surface area (Å²) in [5, 5.41) is 8.50. The van der Waals surface area contributed by atoms with Gasteiger partial charge in [0.15, 0.2) is 0 Å². The zero-order chi connectivity index (χ0) is 29.2. The molecule has 0 unspecified atom stereocenters. The van der Waals surface area contributed by atoms with E-state index in [0.717, 1.165) is 27.4 Å². The molecule has 0 saturated carbocycles. The minimum Gasteiger partial charge on any atom is -0.378 e. The topological polar surface area (TPSA) is 90.5 Å².